The van der Waals surface area contributed by atoms with Gasteiger partial charge in [-0.15, -0.1) is 0 Å². The van der Waals surface area contributed by atoms with E-state index in [9.17, 15) is 4.79 Å². The maximum absolute atomic E-state index is 11.9. The van der Waals surface area contributed by atoms with Gasteiger partial charge in [-0.05, 0) is 33.6 Å². The van der Waals surface area contributed by atoms with Gasteiger partial charge in [-0.3, -0.25) is 0 Å². The monoisotopic (exact) mass is 258 g/mol. The van der Waals surface area contributed by atoms with E-state index < -0.39 is 5.60 Å². The highest BCUT2D eigenvalue weighted by Gasteiger charge is 2.27. The van der Waals surface area contributed by atoms with E-state index >= 15 is 0 Å². The van der Waals surface area contributed by atoms with Crippen molar-refractivity contribution in [1.82, 2.24) is 10.2 Å². The Balaban J connectivity index is 2.36. The van der Waals surface area contributed by atoms with Gasteiger partial charge in [0.05, 0.1) is 6.61 Å². The van der Waals surface area contributed by atoms with Crippen molar-refractivity contribution in [2.24, 2.45) is 0 Å². The number of hydrogen-bond donors (Lipinski definition) is 1. The van der Waals surface area contributed by atoms with Crippen LogP contribution in [-0.4, -0.2) is 56.0 Å². The van der Waals surface area contributed by atoms with Crippen molar-refractivity contribution in [1.29, 1.82) is 0 Å². The number of hydrogen-bond acceptors (Lipinski definition) is 4. The average molecular weight is 258 g/mol. The Morgan fingerprint density at radius 3 is 2.78 bits per heavy atom. The van der Waals surface area contributed by atoms with Crippen molar-refractivity contribution in [3.63, 3.8) is 0 Å². The first-order valence-electron chi connectivity index (χ1n) is 6.62. The molecule has 18 heavy (non-hydrogen) atoms. The lowest BCUT2D eigenvalue weighted by Gasteiger charge is -2.34. The minimum Gasteiger partial charge on any atom is -0.444 e. The molecule has 5 nitrogen and oxygen atoms in total. The van der Waals surface area contributed by atoms with Crippen LogP contribution in [0.15, 0.2) is 0 Å². The summed E-state index contributed by atoms with van der Waals surface area (Å²) in [7, 11) is 1.69. The summed E-state index contributed by atoms with van der Waals surface area (Å²) in [5.74, 6) is 0. The first-order valence-corrected chi connectivity index (χ1v) is 6.62. The minimum absolute atomic E-state index is 0.208. The molecule has 0 unspecified atom stereocenters. The number of nitrogens with one attached hydrogen (secondary N) is 1. The molecule has 0 radical (unpaired) electrons. The number of likely N-dealkylation sites (tertiary alicyclic amines) is 1. The largest absolute Gasteiger partial charge is 0.444 e. The molecule has 1 fully saturated rings. The molecule has 5 heteroatoms. The van der Waals surface area contributed by atoms with Gasteiger partial charge in [-0.2, -0.15) is 0 Å². The van der Waals surface area contributed by atoms with Crippen LogP contribution in [-0.2, 0) is 9.47 Å². The molecule has 1 rings (SSSR count). The smallest absolute Gasteiger partial charge is 0.410 e. The number of amides is 1. The number of methoxy groups -OCH3 is 1. The second-order valence-corrected chi connectivity index (χ2v) is 5.71. The third-order valence-corrected chi connectivity index (χ3v) is 2.81. The Labute approximate surface area is 110 Å². The summed E-state index contributed by atoms with van der Waals surface area (Å²) in [6.45, 7) is 8.71. The van der Waals surface area contributed by atoms with E-state index in [1.165, 1.54) is 0 Å². The molecule has 1 saturated heterocycles. The van der Waals surface area contributed by atoms with E-state index in [4.69, 9.17) is 9.47 Å². The third kappa shape index (κ3) is 5.69. The van der Waals surface area contributed by atoms with E-state index in [1.807, 2.05) is 20.8 Å². The van der Waals surface area contributed by atoms with Gasteiger partial charge in [-0.1, -0.05) is 0 Å². The number of ether oxygens (including phenoxy) is 2. The van der Waals surface area contributed by atoms with E-state index in [1.54, 1.807) is 12.0 Å². The van der Waals surface area contributed by atoms with Crippen LogP contribution < -0.4 is 5.32 Å². The molecule has 1 amide bonds. The summed E-state index contributed by atoms with van der Waals surface area (Å²) in [5.41, 5.74) is -0.423. The Kier molecular flexibility index (Phi) is 5.88. The molecule has 0 saturated carbocycles. The van der Waals surface area contributed by atoms with Gasteiger partial charge in [0.2, 0.25) is 0 Å². The number of carbonyl (C=O) groups excluding carboxylic acids is 1. The summed E-state index contributed by atoms with van der Waals surface area (Å²) in [4.78, 5) is 13.7. The Bertz CT molecular complexity index is 263. The predicted molar refractivity (Wildman–Crippen MR) is 70.7 cm³/mol. The SMILES string of the molecule is COCCN[C@H]1CCCN(C(=O)OC(C)(C)C)C1. The van der Waals surface area contributed by atoms with E-state index in [2.05, 4.69) is 5.32 Å². The number of nitrogens with zero attached hydrogens (tertiary/aromatic N) is 1. The first kappa shape index (κ1) is 15.2. The summed E-state index contributed by atoms with van der Waals surface area (Å²) in [5, 5.41) is 3.40. The van der Waals surface area contributed by atoms with Crippen LogP contribution in [0.1, 0.15) is 33.6 Å². The maximum Gasteiger partial charge on any atom is 0.410 e. The van der Waals surface area contributed by atoms with Crippen molar-refractivity contribution >= 4 is 6.09 Å². The highest BCUT2D eigenvalue weighted by atomic mass is 16.6. The molecule has 0 aromatic carbocycles. The molecular weight excluding hydrogens is 232 g/mol. The highest BCUT2D eigenvalue weighted by Crippen LogP contribution is 2.15. The second kappa shape index (κ2) is 6.95. The van der Waals surface area contributed by atoms with E-state index in [-0.39, 0.29) is 6.09 Å². The van der Waals surface area contributed by atoms with E-state index in [0.29, 0.717) is 12.6 Å². The molecule has 1 aliphatic rings. The molecule has 1 N–H and O–H groups in total. The Morgan fingerprint density at radius 2 is 2.17 bits per heavy atom. The van der Waals surface area contributed by atoms with Crippen LogP contribution >= 0.6 is 0 Å². The van der Waals surface area contributed by atoms with Gasteiger partial charge < -0.3 is 19.7 Å². The number of piperidine rings is 1. The number of rotatable bonds is 4. The zero-order valence-electron chi connectivity index (χ0n) is 12.0. The summed E-state index contributed by atoms with van der Waals surface area (Å²) in [6, 6.07) is 0.349. The van der Waals surface area contributed by atoms with E-state index in [0.717, 1.165) is 32.5 Å². The van der Waals surface area contributed by atoms with Crippen LogP contribution in [0.4, 0.5) is 4.79 Å². The van der Waals surface area contributed by atoms with Crippen LogP contribution in [0.3, 0.4) is 0 Å². The molecule has 1 atom stereocenters. The van der Waals surface area contributed by atoms with Crippen molar-refractivity contribution in [3.05, 3.63) is 0 Å². The van der Waals surface area contributed by atoms with Gasteiger partial charge in [0.1, 0.15) is 5.60 Å². The van der Waals surface area contributed by atoms with Gasteiger partial charge in [0.15, 0.2) is 0 Å². The fraction of sp³-hybridized carbons (Fsp3) is 0.923. The van der Waals surface area contributed by atoms with Crippen LogP contribution in [0.5, 0.6) is 0 Å². The third-order valence-electron chi connectivity index (χ3n) is 2.81. The molecular formula is C13H26N2O3. The molecule has 1 aliphatic heterocycles. The summed E-state index contributed by atoms with van der Waals surface area (Å²) in [6.07, 6.45) is 1.91. The topological polar surface area (TPSA) is 50.8 Å². The fourth-order valence-corrected chi connectivity index (χ4v) is 2.00. The standard InChI is InChI=1S/C13H26N2O3/c1-13(2,3)18-12(16)15-8-5-6-11(10-15)14-7-9-17-4/h11,14H,5-10H2,1-4H3/t11-/m0/s1. The lowest BCUT2D eigenvalue weighted by molar-refractivity contribution is 0.0185. The average Bonchev–Trinajstić information content (AvgIpc) is 2.27. The lowest BCUT2D eigenvalue weighted by Crippen LogP contribution is -2.49. The molecule has 1 heterocycles. The zero-order chi connectivity index (χ0) is 13.6. The molecule has 106 valence electrons. The van der Waals surface area contributed by atoms with Crippen molar-refractivity contribution < 1.29 is 14.3 Å². The maximum atomic E-state index is 11.9. The lowest BCUT2D eigenvalue weighted by atomic mass is 10.1. The van der Waals surface area contributed by atoms with Crippen molar-refractivity contribution in [2.75, 3.05) is 33.4 Å². The Hall–Kier alpha value is -0.810. The van der Waals surface area contributed by atoms with Gasteiger partial charge in [-0.25, -0.2) is 4.79 Å². The van der Waals surface area contributed by atoms with Crippen LogP contribution in [0.25, 0.3) is 0 Å². The molecule has 0 aliphatic carbocycles. The molecule has 0 aromatic heterocycles. The first-order chi connectivity index (χ1) is 8.42. The second-order valence-electron chi connectivity index (χ2n) is 5.71. The molecule has 0 aromatic rings. The Morgan fingerprint density at radius 1 is 1.44 bits per heavy atom. The predicted octanol–water partition coefficient (Wildman–Crippen LogP) is 1.62. The van der Waals surface area contributed by atoms with Crippen LogP contribution in [0, 0.1) is 0 Å². The molecule has 0 bridgehead atoms. The van der Waals surface area contributed by atoms with Gasteiger partial charge >= 0.3 is 6.09 Å². The number of carbonyl (C=O) groups is 1. The van der Waals surface area contributed by atoms with Crippen molar-refractivity contribution in [2.45, 2.75) is 45.3 Å². The van der Waals surface area contributed by atoms with Gasteiger partial charge in [0, 0.05) is 32.8 Å². The fourth-order valence-electron chi connectivity index (χ4n) is 2.00. The summed E-state index contributed by atoms with van der Waals surface area (Å²) >= 11 is 0. The normalized spacial score (nSPS) is 20.9. The van der Waals surface area contributed by atoms with Crippen molar-refractivity contribution in [3.8, 4) is 0 Å². The zero-order valence-corrected chi connectivity index (χ0v) is 12.0. The summed E-state index contributed by atoms with van der Waals surface area (Å²) < 4.78 is 10.4. The highest BCUT2D eigenvalue weighted by molar-refractivity contribution is 5.68. The van der Waals surface area contributed by atoms with Gasteiger partial charge in [0.25, 0.3) is 0 Å². The quantitative estimate of drug-likeness (QED) is 0.779. The minimum atomic E-state index is -0.423. The van der Waals surface area contributed by atoms with Crippen LogP contribution in [0.2, 0.25) is 0 Å². The molecule has 0 spiro atoms.